The maximum absolute atomic E-state index is 11.8. The van der Waals surface area contributed by atoms with Crippen LogP contribution in [0.4, 0.5) is 13.2 Å². The van der Waals surface area contributed by atoms with Gasteiger partial charge in [0.1, 0.15) is 18.3 Å². The molecule has 0 N–H and O–H groups in total. The van der Waals surface area contributed by atoms with Gasteiger partial charge in [0.25, 0.3) is 0 Å². The smallest absolute Gasteiger partial charge is 0.372 e. The summed E-state index contributed by atoms with van der Waals surface area (Å²) in [6.45, 7) is 1.23. The van der Waals surface area contributed by atoms with Gasteiger partial charge in [-0.05, 0) is 6.92 Å². The standard InChI is InChI=1S/C9H13ClF3N3O/c1-2-16-7(14-15-8(16)5-10)3-4-17-6-9(11,12)13/h2-6H2,1H3. The van der Waals surface area contributed by atoms with E-state index in [1.54, 1.807) is 4.57 Å². The Balaban J connectivity index is 2.44. The summed E-state index contributed by atoms with van der Waals surface area (Å²) in [5.74, 6) is 1.43. The van der Waals surface area contributed by atoms with Crippen LogP contribution in [0.25, 0.3) is 0 Å². The summed E-state index contributed by atoms with van der Waals surface area (Å²) in [4.78, 5) is 0. The lowest BCUT2D eigenvalue weighted by Gasteiger charge is -2.08. The van der Waals surface area contributed by atoms with Crippen LogP contribution in [0, 0.1) is 0 Å². The topological polar surface area (TPSA) is 39.9 Å². The highest BCUT2D eigenvalue weighted by Crippen LogP contribution is 2.14. The van der Waals surface area contributed by atoms with Crippen molar-refractivity contribution in [3.05, 3.63) is 11.6 Å². The molecule has 17 heavy (non-hydrogen) atoms. The summed E-state index contributed by atoms with van der Waals surface area (Å²) in [7, 11) is 0. The van der Waals surface area contributed by atoms with E-state index in [2.05, 4.69) is 14.9 Å². The van der Waals surface area contributed by atoms with Crippen LogP contribution in [-0.2, 0) is 23.6 Å². The molecule has 0 radical (unpaired) electrons. The van der Waals surface area contributed by atoms with Crippen LogP contribution >= 0.6 is 11.6 Å². The van der Waals surface area contributed by atoms with E-state index in [0.717, 1.165) is 0 Å². The van der Waals surface area contributed by atoms with Gasteiger partial charge >= 0.3 is 6.18 Å². The maximum atomic E-state index is 11.8. The Morgan fingerprint density at radius 2 is 1.94 bits per heavy atom. The second-order valence-electron chi connectivity index (χ2n) is 3.33. The van der Waals surface area contributed by atoms with Crippen LogP contribution in [0.3, 0.4) is 0 Å². The second kappa shape index (κ2) is 6.20. The molecule has 0 aliphatic carbocycles. The molecule has 0 amide bonds. The highest BCUT2D eigenvalue weighted by molar-refractivity contribution is 6.16. The Hall–Kier alpha value is -0.820. The van der Waals surface area contributed by atoms with Crippen LogP contribution in [0.2, 0.25) is 0 Å². The van der Waals surface area contributed by atoms with E-state index in [-0.39, 0.29) is 18.9 Å². The predicted octanol–water partition coefficient (Wildman–Crippen LogP) is 2.16. The zero-order valence-corrected chi connectivity index (χ0v) is 10.1. The van der Waals surface area contributed by atoms with Crippen molar-refractivity contribution in [2.45, 2.75) is 31.9 Å². The van der Waals surface area contributed by atoms with Gasteiger partial charge in [0.2, 0.25) is 0 Å². The summed E-state index contributed by atoms with van der Waals surface area (Å²) in [5, 5.41) is 7.70. The van der Waals surface area contributed by atoms with E-state index in [0.29, 0.717) is 18.2 Å². The number of halogens is 4. The zero-order valence-electron chi connectivity index (χ0n) is 9.30. The average Bonchev–Trinajstić information content (AvgIpc) is 2.65. The summed E-state index contributed by atoms with van der Waals surface area (Å²) < 4.78 is 41.7. The molecule has 1 aromatic rings. The molecule has 1 aromatic heterocycles. The molecule has 4 nitrogen and oxygen atoms in total. The molecule has 0 saturated heterocycles. The summed E-state index contributed by atoms with van der Waals surface area (Å²) in [6.07, 6.45) is -4.01. The first-order valence-corrected chi connectivity index (χ1v) is 5.62. The maximum Gasteiger partial charge on any atom is 0.411 e. The van der Waals surface area contributed by atoms with Crippen molar-refractivity contribution in [1.29, 1.82) is 0 Å². The van der Waals surface area contributed by atoms with Gasteiger partial charge in [0.05, 0.1) is 12.5 Å². The third kappa shape index (κ3) is 4.51. The number of nitrogens with zero attached hydrogens (tertiary/aromatic N) is 3. The molecule has 1 rings (SSSR count). The molecule has 8 heteroatoms. The SMILES string of the molecule is CCn1c(CCl)nnc1CCOCC(F)(F)F. The Kier molecular flexibility index (Phi) is 5.20. The molecule has 0 atom stereocenters. The monoisotopic (exact) mass is 271 g/mol. The van der Waals surface area contributed by atoms with Crippen LogP contribution in [0.1, 0.15) is 18.6 Å². The summed E-state index contributed by atoms with van der Waals surface area (Å²) in [6, 6.07) is 0. The molecular weight excluding hydrogens is 259 g/mol. The number of alkyl halides is 4. The molecule has 0 unspecified atom stereocenters. The summed E-state index contributed by atoms with van der Waals surface area (Å²) in [5.41, 5.74) is 0. The van der Waals surface area contributed by atoms with E-state index < -0.39 is 12.8 Å². The average molecular weight is 272 g/mol. The van der Waals surface area contributed by atoms with Crippen molar-refractivity contribution >= 4 is 11.6 Å². The first kappa shape index (κ1) is 14.2. The third-order valence-electron chi connectivity index (χ3n) is 2.08. The summed E-state index contributed by atoms with van der Waals surface area (Å²) >= 11 is 5.64. The van der Waals surface area contributed by atoms with E-state index in [9.17, 15) is 13.2 Å². The fourth-order valence-corrected chi connectivity index (χ4v) is 1.57. The van der Waals surface area contributed by atoms with Gasteiger partial charge in [-0.3, -0.25) is 0 Å². The Morgan fingerprint density at radius 1 is 1.29 bits per heavy atom. The van der Waals surface area contributed by atoms with Crippen molar-refractivity contribution in [2.75, 3.05) is 13.2 Å². The van der Waals surface area contributed by atoms with Gasteiger partial charge in [-0.25, -0.2) is 0 Å². The van der Waals surface area contributed by atoms with Gasteiger partial charge < -0.3 is 9.30 Å². The Labute approximate surface area is 102 Å². The first-order chi connectivity index (χ1) is 7.98. The molecular formula is C9H13ClF3N3O. The molecule has 0 aliphatic heterocycles. The van der Waals surface area contributed by atoms with Gasteiger partial charge in [-0.2, -0.15) is 13.2 Å². The lowest BCUT2D eigenvalue weighted by Crippen LogP contribution is -2.18. The number of hydrogen-bond acceptors (Lipinski definition) is 3. The molecule has 98 valence electrons. The minimum absolute atomic E-state index is 0.0417. The van der Waals surface area contributed by atoms with Gasteiger partial charge in [-0.15, -0.1) is 21.8 Å². The van der Waals surface area contributed by atoms with Crippen molar-refractivity contribution in [3.8, 4) is 0 Å². The molecule has 0 bridgehead atoms. The Morgan fingerprint density at radius 3 is 2.47 bits per heavy atom. The van der Waals surface area contributed by atoms with E-state index in [4.69, 9.17) is 11.6 Å². The minimum atomic E-state index is -4.29. The number of hydrogen-bond donors (Lipinski definition) is 0. The molecule has 0 aliphatic rings. The van der Waals surface area contributed by atoms with E-state index in [1.165, 1.54) is 0 Å². The van der Waals surface area contributed by atoms with Crippen LogP contribution in [0.5, 0.6) is 0 Å². The van der Waals surface area contributed by atoms with E-state index >= 15 is 0 Å². The predicted molar refractivity (Wildman–Crippen MR) is 55.8 cm³/mol. The number of ether oxygens (including phenoxy) is 1. The first-order valence-electron chi connectivity index (χ1n) is 5.09. The minimum Gasteiger partial charge on any atom is -0.372 e. The molecule has 1 heterocycles. The highest BCUT2D eigenvalue weighted by Gasteiger charge is 2.27. The number of rotatable bonds is 6. The highest BCUT2D eigenvalue weighted by atomic mass is 35.5. The third-order valence-corrected chi connectivity index (χ3v) is 2.31. The number of aromatic nitrogens is 3. The fraction of sp³-hybridized carbons (Fsp3) is 0.778. The van der Waals surface area contributed by atoms with Crippen LogP contribution in [0.15, 0.2) is 0 Å². The lowest BCUT2D eigenvalue weighted by atomic mass is 10.4. The van der Waals surface area contributed by atoms with Gasteiger partial charge in [0.15, 0.2) is 0 Å². The van der Waals surface area contributed by atoms with Gasteiger partial charge in [0, 0.05) is 13.0 Å². The van der Waals surface area contributed by atoms with Crippen molar-refractivity contribution in [3.63, 3.8) is 0 Å². The van der Waals surface area contributed by atoms with Crippen molar-refractivity contribution in [1.82, 2.24) is 14.8 Å². The second-order valence-corrected chi connectivity index (χ2v) is 3.60. The van der Waals surface area contributed by atoms with Gasteiger partial charge in [-0.1, -0.05) is 0 Å². The normalized spacial score (nSPS) is 12.1. The quantitative estimate of drug-likeness (QED) is 0.588. The van der Waals surface area contributed by atoms with E-state index in [1.807, 2.05) is 6.92 Å². The van der Waals surface area contributed by atoms with Crippen LogP contribution in [-0.4, -0.2) is 34.2 Å². The molecule has 0 spiro atoms. The van der Waals surface area contributed by atoms with Crippen molar-refractivity contribution in [2.24, 2.45) is 0 Å². The molecule has 0 fully saturated rings. The van der Waals surface area contributed by atoms with Crippen molar-refractivity contribution < 1.29 is 17.9 Å². The Bertz CT molecular complexity index is 354. The zero-order chi connectivity index (χ0) is 12.9. The largest absolute Gasteiger partial charge is 0.411 e. The lowest BCUT2D eigenvalue weighted by molar-refractivity contribution is -0.173. The fourth-order valence-electron chi connectivity index (χ4n) is 1.37. The molecule has 0 aromatic carbocycles. The van der Waals surface area contributed by atoms with Crippen LogP contribution < -0.4 is 0 Å². The molecule has 0 saturated carbocycles.